The Morgan fingerprint density at radius 3 is 2.10 bits per heavy atom. The Labute approximate surface area is 116 Å². The summed E-state index contributed by atoms with van der Waals surface area (Å²) >= 11 is 0. The molecule has 0 saturated heterocycles. The van der Waals surface area contributed by atoms with E-state index in [0.717, 1.165) is 23.3 Å². The molecule has 2 aromatic rings. The quantitative estimate of drug-likeness (QED) is 0.845. The largest absolute Gasteiger partial charge is 0.324 e. The van der Waals surface area contributed by atoms with E-state index >= 15 is 0 Å². The average molecular weight is 279 g/mol. The molecule has 0 aliphatic carbocycles. The van der Waals surface area contributed by atoms with Crippen LogP contribution in [-0.4, -0.2) is 0 Å². The zero-order valence-electron chi connectivity index (χ0n) is 11.4. The number of nitrogens with two attached hydrogens (primary N) is 1. The molecule has 2 aromatic carbocycles. The summed E-state index contributed by atoms with van der Waals surface area (Å²) < 4.78 is 39.3. The van der Waals surface area contributed by atoms with Gasteiger partial charge in [-0.1, -0.05) is 18.2 Å². The van der Waals surface area contributed by atoms with E-state index < -0.39 is 23.5 Å². The van der Waals surface area contributed by atoms with E-state index in [4.69, 9.17) is 5.73 Å². The van der Waals surface area contributed by atoms with Crippen LogP contribution in [0.3, 0.4) is 0 Å². The number of hydrogen-bond donors (Lipinski definition) is 1. The second-order valence-corrected chi connectivity index (χ2v) is 5.03. The molecular formula is C16H16F3N. The van der Waals surface area contributed by atoms with Gasteiger partial charge in [-0.05, 0) is 54.7 Å². The normalized spacial score (nSPS) is 12.5. The fourth-order valence-electron chi connectivity index (χ4n) is 2.09. The van der Waals surface area contributed by atoms with Crippen LogP contribution in [-0.2, 0) is 6.42 Å². The van der Waals surface area contributed by atoms with E-state index in [1.807, 2.05) is 32.0 Å². The molecule has 4 heteroatoms. The van der Waals surface area contributed by atoms with Gasteiger partial charge in [0.2, 0.25) is 0 Å². The highest BCUT2D eigenvalue weighted by atomic mass is 19.2. The predicted octanol–water partition coefficient (Wildman–Crippen LogP) is 3.96. The summed E-state index contributed by atoms with van der Waals surface area (Å²) in [5.74, 6) is -3.89. The lowest BCUT2D eigenvalue weighted by Gasteiger charge is -2.14. The van der Waals surface area contributed by atoms with Gasteiger partial charge in [0.15, 0.2) is 17.5 Å². The van der Waals surface area contributed by atoms with Crippen molar-refractivity contribution in [3.63, 3.8) is 0 Å². The highest BCUT2D eigenvalue weighted by Crippen LogP contribution is 2.21. The molecule has 1 nitrogen and oxygen atoms in total. The van der Waals surface area contributed by atoms with Crippen molar-refractivity contribution < 1.29 is 13.2 Å². The first-order valence-electron chi connectivity index (χ1n) is 6.34. The average Bonchev–Trinajstić information content (AvgIpc) is 2.39. The summed E-state index contributed by atoms with van der Waals surface area (Å²) in [6, 6.07) is 7.21. The van der Waals surface area contributed by atoms with Gasteiger partial charge in [0.05, 0.1) is 0 Å². The molecule has 0 spiro atoms. The summed E-state index contributed by atoms with van der Waals surface area (Å²) in [4.78, 5) is 0. The lowest BCUT2D eigenvalue weighted by molar-refractivity contribution is 0.443. The maximum atomic E-state index is 13.2. The van der Waals surface area contributed by atoms with E-state index in [-0.39, 0.29) is 5.56 Å². The minimum atomic E-state index is -1.47. The molecule has 106 valence electrons. The van der Waals surface area contributed by atoms with Crippen LogP contribution in [0, 0.1) is 31.3 Å². The summed E-state index contributed by atoms with van der Waals surface area (Å²) in [6.07, 6.45) is 0.436. The van der Waals surface area contributed by atoms with Gasteiger partial charge in [-0.15, -0.1) is 0 Å². The van der Waals surface area contributed by atoms with Crippen molar-refractivity contribution in [2.45, 2.75) is 26.3 Å². The van der Waals surface area contributed by atoms with Crippen LogP contribution in [0.5, 0.6) is 0 Å². The molecule has 0 radical (unpaired) electrons. The molecule has 2 rings (SSSR count). The second kappa shape index (κ2) is 5.67. The van der Waals surface area contributed by atoms with Crippen molar-refractivity contribution in [3.8, 4) is 0 Å². The number of aryl methyl sites for hydroxylation is 2. The minimum absolute atomic E-state index is 0.250. The van der Waals surface area contributed by atoms with E-state index in [1.165, 1.54) is 5.56 Å². The number of hydrogen-bond acceptors (Lipinski definition) is 1. The van der Waals surface area contributed by atoms with Gasteiger partial charge in [-0.2, -0.15) is 0 Å². The monoisotopic (exact) mass is 279 g/mol. The lowest BCUT2D eigenvalue weighted by atomic mass is 9.97. The molecule has 0 aliphatic heterocycles. The van der Waals surface area contributed by atoms with Gasteiger partial charge in [-0.25, -0.2) is 13.2 Å². The predicted molar refractivity (Wildman–Crippen MR) is 72.9 cm³/mol. The molecule has 0 aliphatic rings. The summed E-state index contributed by atoms with van der Waals surface area (Å²) in [5, 5.41) is 0. The number of benzene rings is 2. The molecule has 2 N–H and O–H groups in total. The molecule has 1 unspecified atom stereocenters. The highest BCUT2D eigenvalue weighted by Gasteiger charge is 2.15. The highest BCUT2D eigenvalue weighted by molar-refractivity contribution is 5.32. The standard InChI is InChI=1S/C16H16F3N/c1-9-3-4-11(5-10(9)2)6-15(20)12-7-13(17)16(19)14(18)8-12/h3-5,7-8,15H,6,20H2,1-2H3. The van der Waals surface area contributed by atoms with Gasteiger partial charge in [0.1, 0.15) is 0 Å². The van der Waals surface area contributed by atoms with E-state index in [2.05, 4.69) is 0 Å². The fourth-order valence-corrected chi connectivity index (χ4v) is 2.09. The smallest absolute Gasteiger partial charge is 0.194 e. The van der Waals surface area contributed by atoms with Crippen molar-refractivity contribution in [1.29, 1.82) is 0 Å². The Bertz CT molecular complexity index is 615. The SMILES string of the molecule is Cc1ccc(CC(N)c2cc(F)c(F)c(F)c2)cc1C. The molecule has 1 atom stereocenters. The fraction of sp³-hybridized carbons (Fsp3) is 0.250. The van der Waals surface area contributed by atoms with Gasteiger partial charge in [0.25, 0.3) is 0 Å². The molecule has 0 heterocycles. The van der Waals surface area contributed by atoms with Gasteiger partial charge in [0, 0.05) is 6.04 Å². The second-order valence-electron chi connectivity index (χ2n) is 5.03. The lowest BCUT2D eigenvalue weighted by Crippen LogP contribution is -2.14. The molecule has 0 amide bonds. The van der Waals surface area contributed by atoms with Crippen LogP contribution < -0.4 is 5.73 Å². The van der Waals surface area contributed by atoms with Gasteiger partial charge in [-0.3, -0.25) is 0 Å². The van der Waals surface area contributed by atoms with Crippen LogP contribution >= 0.6 is 0 Å². The summed E-state index contributed by atoms with van der Waals surface area (Å²) in [5.41, 5.74) is 9.47. The Hall–Kier alpha value is -1.81. The zero-order chi connectivity index (χ0) is 14.9. The first-order valence-corrected chi connectivity index (χ1v) is 6.34. The topological polar surface area (TPSA) is 26.0 Å². The third-order valence-electron chi connectivity index (χ3n) is 3.46. The molecule has 0 aromatic heterocycles. The molecule has 0 bridgehead atoms. The molecule has 0 saturated carbocycles. The Morgan fingerprint density at radius 1 is 0.950 bits per heavy atom. The molecule has 20 heavy (non-hydrogen) atoms. The van der Waals surface area contributed by atoms with E-state index in [0.29, 0.717) is 6.42 Å². The zero-order valence-corrected chi connectivity index (χ0v) is 11.4. The van der Waals surface area contributed by atoms with Crippen LogP contribution in [0.15, 0.2) is 30.3 Å². The maximum Gasteiger partial charge on any atom is 0.194 e. The number of halogens is 3. The Morgan fingerprint density at radius 2 is 1.55 bits per heavy atom. The third kappa shape index (κ3) is 3.02. The molecular weight excluding hydrogens is 263 g/mol. The van der Waals surface area contributed by atoms with Crippen molar-refractivity contribution in [1.82, 2.24) is 0 Å². The van der Waals surface area contributed by atoms with Crippen molar-refractivity contribution in [2.24, 2.45) is 5.73 Å². The first kappa shape index (κ1) is 14.6. The van der Waals surface area contributed by atoms with Gasteiger partial charge >= 0.3 is 0 Å². The van der Waals surface area contributed by atoms with Crippen LogP contribution in [0.1, 0.15) is 28.3 Å². The molecule has 0 fully saturated rings. The van der Waals surface area contributed by atoms with E-state index in [9.17, 15) is 13.2 Å². The third-order valence-corrected chi connectivity index (χ3v) is 3.46. The van der Waals surface area contributed by atoms with Gasteiger partial charge < -0.3 is 5.73 Å². The van der Waals surface area contributed by atoms with Crippen molar-refractivity contribution in [3.05, 3.63) is 70.0 Å². The summed E-state index contributed by atoms with van der Waals surface area (Å²) in [7, 11) is 0. The number of rotatable bonds is 3. The van der Waals surface area contributed by atoms with Crippen LogP contribution in [0.4, 0.5) is 13.2 Å². The Kier molecular flexibility index (Phi) is 4.14. The van der Waals surface area contributed by atoms with Crippen molar-refractivity contribution in [2.75, 3.05) is 0 Å². The summed E-state index contributed by atoms with van der Waals surface area (Å²) in [6.45, 7) is 3.99. The van der Waals surface area contributed by atoms with Crippen LogP contribution in [0.2, 0.25) is 0 Å². The first-order chi connectivity index (χ1) is 9.38. The minimum Gasteiger partial charge on any atom is -0.324 e. The Balaban J connectivity index is 2.23. The van der Waals surface area contributed by atoms with Crippen LogP contribution in [0.25, 0.3) is 0 Å². The van der Waals surface area contributed by atoms with E-state index in [1.54, 1.807) is 0 Å². The van der Waals surface area contributed by atoms with Crippen molar-refractivity contribution >= 4 is 0 Å². The maximum absolute atomic E-state index is 13.2.